The van der Waals surface area contributed by atoms with Gasteiger partial charge in [-0.15, -0.1) is 12.4 Å². The summed E-state index contributed by atoms with van der Waals surface area (Å²) in [6, 6.07) is 7.33. The molecule has 0 aromatic heterocycles. The molecule has 0 aliphatic carbocycles. The molecule has 8 heteroatoms. The number of nitrogens with one attached hydrogen (secondary N) is 1. The maximum absolute atomic E-state index is 13.2. The highest BCUT2D eigenvalue weighted by atomic mass is 35.5. The van der Waals surface area contributed by atoms with Crippen molar-refractivity contribution in [1.82, 2.24) is 13.9 Å². The lowest BCUT2D eigenvalue weighted by Crippen LogP contribution is -2.55. The molecule has 136 valence electrons. The number of benzene rings is 1. The van der Waals surface area contributed by atoms with Crippen molar-refractivity contribution >= 4 is 34.2 Å². The lowest BCUT2D eigenvalue weighted by Gasteiger charge is -2.41. The van der Waals surface area contributed by atoms with Gasteiger partial charge in [-0.05, 0) is 31.4 Å². The smallest absolute Gasteiger partial charge is 0.282 e. The van der Waals surface area contributed by atoms with Crippen LogP contribution in [-0.2, 0) is 10.2 Å². The number of piperazine rings is 1. The van der Waals surface area contributed by atoms with Crippen LogP contribution in [0.15, 0.2) is 24.3 Å². The van der Waals surface area contributed by atoms with E-state index in [0.717, 1.165) is 24.8 Å². The third kappa shape index (κ3) is 3.89. The molecule has 24 heavy (non-hydrogen) atoms. The van der Waals surface area contributed by atoms with E-state index in [1.807, 2.05) is 31.2 Å². The lowest BCUT2D eigenvalue weighted by atomic mass is 10.1. The molecule has 2 heterocycles. The minimum absolute atomic E-state index is 0. The first-order valence-electron chi connectivity index (χ1n) is 8.25. The number of hydrogen-bond donors (Lipinski definition) is 1. The van der Waals surface area contributed by atoms with Gasteiger partial charge in [0.25, 0.3) is 10.2 Å². The molecule has 0 saturated carbocycles. The first kappa shape index (κ1) is 19.9. The van der Waals surface area contributed by atoms with Crippen LogP contribution in [-0.4, -0.2) is 49.2 Å². The third-order valence-corrected chi connectivity index (χ3v) is 7.30. The molecule has 0 radical (unpaired) electrons. The van der Waals surface area contributed by atoms with Crippen LogP contribution < -0.4 is 5.32 Å². The Kier molecular flexibility index (Phi) is 6.93. The number of hydrogen-bond acceptors (Lipinski definition) is 3. The van der Waals surface area contributed by atoms with Crippen LogP contribution in [0.1, 0.15) is 37.8 Å². The van der Waals surface area contributed by atoms with Gasteiger partial charge in [-0.1, -0.05) is 36.2 Å². The molecule has 2 aliphatic rings. The van der Waals surface area contributed by atoms with Gasteiger partial charge >= 0.3 is 0 Å². The van der Waals surface area contributed by atoms with E-state index < -0.39 is 10.2 Å². The predicted octanol–water partition coefficient (Wildman–Crippen LogP) is 2.83. The molecule has 2 atom stereocenters. The van der Waals surface area contributed by atoms with Gasteiger partial charge in [-0.3, -0.25) is 0 Å². The summed E-state index contributed by atoms with van der Waals surface area (Å²) in [7, 11) is -3.48. The first-order valence-corrected chi connectivity index (χ1v) is 10.0. The largest absolute Gasteiger partial charge is 0.313 e. The van der Waals surface area contributed by atoms with Crippen LogP contribution in [0.25, 0.3) is 0 Å². The van der Waals surface area contributed by atoms with Gasteiger partial charge in [-0.2, -0.15) is 17.0 Å². The highest BCUT2D eigenvalue weighted by Gasteiger charge is 2.40. The van der Waals surface area contributed by atoms with Crippen LogP contribution in [0, 0.1) is 0 Å². The van der Waals surface area contributed by atoms with Gasteiger partial charge in [0.1, 0.15) is 0 Å². The molecule has 1 N–H and O–H groups in total. The lowest BCUT2D eigenvalue weighted by molar-refractivity contribution is 0.210. The Bertz CT molecular complexity index is 656. The topological polar surface area (TPSA) is 52.7 Å². The molecule has 1 aromatic carbocycles. The summed E-state index contributed by atoms with van der Waals surface area (Å²) in [5, 5.41) is 3.91. The molecular formula is C16H25Cl2N3O2S. The zero-order valence-corrected chi connectivity index (χ0v) is 16.2. The van der Waals surface area contributed by atoms with Crippen molar-refractivity contribution in [3.63, 3.8) is 0 Å². The summed E-state index contributed by atoms with van der Waals surface area (Å²) in [4.78, 5) is 0. The molecule has 2 fully saturated rings. The van der Waals surface area contributed by atoms with Crippen LogP contribution in [0.4, 0.5) is 0 Å². The summed E-state index contributed by atoms with van der Waals surface area (Å²) < 4.78 is 29.8. The number of piperidine rings is 1. The second kappa shape index (κ2) is 8.34. The van der Waals surface area contributed by atoms with E-state index in [9.17, 15) is 8.42 Å². The SMILES string of the molecule is CC1CCCCN1S(=O)(=O)N1CCNCC1c1ccccc1Cl.Cl. The van der Waals surface area contributed by atoms with Crippen LogP contribution in [0.2, 0.25) is 5.02 Å². The van der Waals surface area contributed by atoms with Crippen molar-refractivity contribution in [1.29, 1.82) is 0 Å². The minimum Gasteiger partial charge on any atom is -0.313 e. The van der Waals surface area contributed by atoms with E-state index in [1.54, 1.807) is 8.61 Å². The highest BCUT2D eigenvalue weighted by molar-refractivity contribution is 7.86. The van der Waals surface area contributed by atoms with Crippen molar-refractivity contribution in [2.24, 2.45) is 0 Å². The molecule has 5 nitrogen and oxygen atoms in total. The van der Waals surface area contributed by atoms with Gasteiger partial charge in [-0.25, -0.2) is 0 Å². The second-order valence-electron chi connectivity index (χ2n) is 6.32. The van der Waals surface area contributed by atoms with Crippen molar-refractivity contribution < 1.29 is 8.42 Å². The Labute approximate surface area is 155 Å². The zero-order valence-electron chi connectivity index (χ0n) is 13.8. The zero-order chi connectivity index (χ0) is 16.4. The molecule has 1 aromatic rings. The van der Waals surface area contributed by atoms with Gasteiger partial charge in [0.05, 0.1) is 6.04 Å². The fourth-order valence-electron chi connectivity index (χ4n) is 3.52. The van der Waals surface area contributed by atoms with E-state index in [2.05, 4.69) is 5.32 Å². The van der Waals surface area contributed by atoms with Gasteiger partial charge in [0, 0.05) is 37.2 Å². The maximum atomic E-state index is 13.2. The van der Waals surface area contributed by atoms with Crippen LogP contribution in [0.5, 0.6) is 0 Å². The normalized spacial score (nSPS) is 26.8. The average Bonchev–Trinajstić information content (AvgIpc) is 2.55. The predicted molar refractivity (Wildman–Crippen MR) is 100.0 cm³/mol. The van der Waals surface area contributed by atoms with Crippen molar-refractivity contribution in [3.8, 4) is 0 Å². The average molecular weight is 394 g/mol. The quantitative estimate of drug-likeness (QED) is 0.858. The molecule has 0 amide bonds. The highest BCUT2D eigenvalue weighted by Crippen LogP contribution is 2.33. The summed E-state index contributed by atoms with van der Waals surface area (Å²) in [6.45, 7) is 4.35. The Balaban J connectivity index is 0.00000208. The van der Waals surface area contributed by atoms with Crippen molar-refractivity contribution in [3.05, 3.63) is 34.9 Å². The third-order valence-electron chi connectivity index (χ3n) is 4.79. The summed E-state index contributed by atoms with van der Waals surface area (Å²) in [5.74, 6) is 0. The van der Waals surface area contributed by atoms with Crippen LogP contribution in [0.3, 0.4) is 0 Å². The molecular weight excluding hydrogens is 369 g/mol. The Morgan fingerprint density at radius 2 is 1.92 bits per heavy atom. The maximum Gasteiger partial charge on any atom is 0.282 e. The van der Waals surface area contributed by atoms with Gasteiger partial charge in [0.2, 0.25) is 0 Å². The second-order valence-corrected chi connectivity index (χ2v) is 8.56. The van der Waals surface area contributed by atoms with Gasteiger partial charge in [0.15, 0.2) is 0 Å². The monoisotopic (exact) mass is 393 g/mol. The van der Waals surface area contributed by atoms with E-state index in [-0.39, 0.29) is 24.5 Å². The van der Waals surface area contributed by atoms with Crippen molar-refractivity contribution in [2.45, 2.75) is 38.3 Å². The molecule has 0 spiro atoms. The molecule has 3 rings (SSSR count). The summed E-state index contributed by atoms with van der Waals surface area (Å²) in [5.41, 5.74) is 0.870. The minimum atomic E-state index is -3.48. The Morgan fingerprint density at radius 1 is 1.17 bits per heavy atom. The first-order chi connectivity index (χ1) is 11.0. The van der Waals surface area contributed by atoms with Crippen LogP contribution >= 0.6 is 24.0 Å². The molecule has 0 bridgehead atoms. The number of halogens is 2. The van der Waals surface area contributed by atoms with E-state index in [1.165, 1.54) is 0 Å². The fourth-order valence-corrected chi connectivity index (χ4v) is 5.80. The summed E-state index contributed by atoms with van der Waals surface area (Å²) >= 11 is 6.32. The Hall–Kier alpha value is -0.370. The fraction of sp³-hybridized carbons (Fsp3) is 0.625. The molecule has 2 aliphatic heterocycles. The standard InChI is InChI=1S/C16H24ClN3O2S.ClH/c1-13-6-4-5-10-19(13)23(21,22)20-11-9-18-12-16(20)14-7-2-3-8-15(14)17;/h2-3,7-8,13,16,18H,4-6,9-12H2,1H3;1H. The van der Waals surface area contributed by atoms with E-state index in [4.69, 9.17) is 11.6 Å². The molecule has 2 unspecified atom stereocenters. The summed E-state index contributed by atoms with van der Waals surface area (Å²) in [6.07, 6.45) is 2.97. The van der Waals surface area contributed by atoms with E-state index in [0.29, 0.717) is 31.2 Å². The number of rotatable bonds is 3. The van der Waals surface area contributed by atoms with Crippen molar-refractivity contribution in [2.75, 3.05) is 26.2 Å². The molecule has 2 saturated heterocycles. The Morgan fingerprint density at radius 3 is 2.62 bits per heavy atom. The number of nitrogens with zero attached hydrogens (tertiary/aromatic N) is 2. The van der Waals surface area contributed by atoms with Gasteiger partial charge < -0.3 is 5.32 Å². The van der Waals surface area contributed by atoms with E-state index >= 15 is 0 Å².